The van der Waals surface area contributed by atoms with E-state index >= 15 is 0 Å². The summed E-state index contributed by atoms with van der Waals surface area (Å²) in [6.45, 7) is -3.24. The minimum Gasteiger partial charge on any atom is -0.507 e. The number of benzene rings is 3. The van der Waals surface area contributed by atoms with E-state index in [0.29, 0.717) is 5.56 Å². The van der Waals surface area contributed by atoms with Crippen molar-refractivity contribution in [2.45, 2.75) is 123 Å². The zero-order valence-electron chi connectivity index (χ0n) is 39.8. The maximum absolute atomic E-state index is 12.9. The van der Waals surface area contributed by atoms with E-state index < -0.39 is 195 Å². The molecular weight excluding hydrogens is 1040 g/mol. The van der Waals surface area contributed by atoms with Crippen LogP contribution in [0.1, 0.15) is 5.56 Å². The Morgan fingerprint density at radius 2 is 0.935 bits per heavy atom. The summed E-state index contributed by atoms with van der Waals surface area (Å²) >= 11 is 0. The Morgan fingerprint density at radius 1 is 0.506 bits per heavy atom. The van der Waals surface area contributed by atoms with Crippen molar-refractivity contribution in [3.8, 4) is 51.6 Å². The molecule has 0 unspecified atom stereocenters. The molecule has 5 heterocycles. The molecule has 29 heteroatoms. The Balaban J connectivity index is 1.06. The number of rotatable bonds is 16. The topological polar surface area (TPSA) is 476 Å². The van der Waals surface area contributed by atoms with Crippen molar-refractivity contribution >= 4 is 23.0 Å². The number of aliphatic hydroxyl groups excluding tert-OH is 15. The van der Waals surface area contributed by atoms with Crippen LogP contribution in [0.2, 0.25) is 0 Å². The fraction of sp³-hybridized carbons (Fsp3) is 0.500. The third-order valence-corrected chi connectivity index (χ3v) is 13.0. The van der Waals surface area contributed by atoms with Crippen molar-refractivity contribution in [1.29, 1.82) is 0 Å². The summed E-state index contributed by atoms with van der Waals surface area (Å²) in [5.41, 5.74) is -0.180. The summed E-state index contributed by atoms with van der Waals surface area (Å²) < 4.78 is 56.6. The molecule has 18 N–H and O–H groups in total. The minimum absolute atomic E-state index is 0.129. The molecule has 0 aliphatic carbocycles. The summed E-state index contributed by atoms with van der Waals surface area (Å²) in [6, 6.07) is 10.8. The summed E-state index contributed by atoms with van der Waals surface area (Å²) in [5, 5.41) is 189. The molecule has 0 saturated carbocycles. The fourth-order valence-corrected chi connectivity index (χ4v) is 8.56. The molecule has 4 saturated heterocycles. The third kappa shape index (κ3) is 12.1. The molecule has 4 aliphatic rings. The van der Waals surface area contributed by atoms with Gasteiger partial charge >= 0.3 is 17.3 Å². The summed E-state index contributed by atoms with van der Waals surface area (Å²) in [6.07, 6.45) is -33.9. The summed E-state index contributed by atoms with van der Waals surface area (Å²) in [4.78, 5) is 12.9. The van der Waals surface area contributed by atoms with Gasteiger partial charge in [0, 0.05) is 30.3 Å². The van der Waals surface area contributed by atoms with Crippen LogP contribution >= 0.6 is 0 Å². The van der Waals surface area contributed by atoms with Gasteiger partial charge in [-0.05, 0) is 23.8 Å². The molecule has 29 nitrogen and oxygen atoms in total. The van der Waals surface area contributed by atoms with Gasteiger partial charge in [-0.25, -0.2) is 9.21 Å². The quantitative estimate of drug-likeness (QED) is 0.0283. The molecule has 20 atom stereocenters. The molecule has 0 amide bonds. The highest BCUT2D eigenvalue weighted by Gasteiger charge is 2.50. The number of carbonyl (C=O) groups is 1. The highest BCUT2D eigenvalue weighted by Crippen LogP contribution is 2.47. The molecule has 1 aromatic heterocycles. The van der Waals surface area contributed by atoms with Crippen molar-refractivity contribution in [3.05, 3.63) is 66.2 Å². The van der Waals surface area contributed by atoms with Gasteiger partial charge < -0.3 is 135 Å². The van der Waals surface area contributed by atoms with Gasteiger partial charge in [0.15, 0.2) is 11.5 Å². The number of aromatic hydroxyl groups is 3. The molecule has 3 aromatic carbocycles. The number of phenols is 3. The first-order valence-electron chi connectivity index (χ1n) is 23.6. The molecule has 8 rings (SSSR count). The normalized spacial score (nSPS) is 35.6. The fourth-order valence-electron chi connectivity index (χ4n) is 8.56. The Morgan fingerprint density at radius 3 is 1.40 bits per heavy atom. The number of ether oxygens (including phenoxy) is 9. The van der Waals surface area contributed by atoms with Gasteiger partial charge in [-0.15, -0.1) is 0 Å². The van der Waals surface area contributed by atoms with Crippen LogP contribution in [-0.2, 0) is 28.5 Å². The van der Waals surface area contributed by atoms with Gasteiger partial charge in [-0.1, -0.05) is 12.1 Å². The Labute approximate surface area is 433 Å². The molecule has 0 radical (unpaired) electrons. The second kappa shape index (κ2) is 24.0. The van der Waals surface area contributed by atoms with E-state index in [4.69, 9.17) is 47.0 Å². The van der Waals surface area contributed by atoms with Crippen LogP contribution in [0.15, 0.2) is 65.1 Å². The molecule has 422 valence electrons. The van der Waals surface area contributed by atoms with E-state index in [1.807, 2.05) is 0 Å². The van der Waals surface area contributed by atoms with Crippen LogP contribution in [0.4, 0.5) is 0 Å². The number of hydrogen-bond acceptors (Lipinski definition) is 28. The molecule has 0 spiro atoms. The van der Waals surface area contributed by atoms with Gasteiger partial charge in [0.05, 0.1) is 31.5 Å². The molecule has 4 aliphatic heterocycles. The Bertz CT molecular complexity index is 2690. The van der Waals surface area contributed by atoms with Crippen LogP contribution in [0.25, 0.3) is 28.4 Å². The van der Waals surface area contributed by atoms with Gasteiger partial charge in [0.1, 0.15) is 127 Å². The van der Waals surface area contributed by atoms with Gasteiger partial charge in [-0.3, -0.25) is 0 Å². The lowest BCUT2D eigenvalue weighted by atomic mass is 9.99. The van der Waals surface area contributed by atoms with E-state index in [0.717, 1.165) is 36.4 Å². The highest BCUT2D eigenvalue weighted by atomic mass is 16.7. The Hall–Kier alpha value is -5.88. The first-order chi connectivity index (χ1) is 36.6. The summed E-state index contributed by atoms with van der Waals surface area (Å²) in [5.74, 6) is -5.46. The van der Waals surface area contributed by atoms with Crippen molar-refractivity contribution in [2.75, 3.05) is 26.4 Å². The van der Waals surface area contributed by atoms with Gasteiger partial charge in [0.25, 0.3) is 0 Å². The lowest BCUT2D eigenvalue weighted by Crippen LogP contribution is -2.60. The maximum Gasteiger partial charge on any atom is 0.402 e. The van der Waals surface area contributed by atoms with Crippen LogP contribution in [0.3, 0.4) is 0 Å². The van der Waals surface area contributed by atoms with E-state index in [-0.39, 0.29) is 22.3 Å². The van der Waals surface area contributed by atoms with E-state index in [2.05, 4.69) is 0 Å². The SMILES string of the molecule is O=C(/C=C/c1ccc(O[C@@H]2O[C@H](CO)[C@@H](O)[C@H](O)[C@H]2O)cc1)OC[C@H]1O[C@@H](Oc2cc(-c3[o+]c4cc(O)cc(O)c4cc3O[C@@H]3O[C@H](CO)[C@@H](O)[C@H](O)[C@H]3O)cc(O[C@@H]3O[C@H](CO)[C@@H](O)[C@H](O)[C@H]3O)c2O)[C@H](O)[C@@H](O)[C@@H]1O. The molecule has 4 fully saturated rings. The zero-order chi connectivity index (χ0) is 55.7. The van der Waals surface area contributed by atoms with Crippen LogP contribution < -0.4 is 18.9 Å². The number of esters is 1. The number of aliphatic hydroxyl groups is 15. The molecule has 77 heavy (non-hydrogen) atoms. The smallest absolute Gasteiger partial charge is 0.402 e. The monoisotopic (exact) mass is 1100 g/mol. The lowest BCUT2D eigenvalue weighted by Gasteiger charge is -2.40. The molecule has 0 bridgehead atoms. The standard InChI is InChI=1S/C48H56O29/c49-12-26-32(56)36(60)40(64)45(74-26)69-19-4-1-16(2-5-19)3-6-30(54)68-15-29-35(59)39(63)43(67)47(77-29)72-24-8-17(7-23(31(24)55)71-46-41(65)37(61)33(57)27(13-50)75-46)44-25(11-20-21(53)9-18(52)10-22(20)70-44)73-48-42(66)38(62)34(58)28(14-51)76-48/h1-11,26-29,32-43,45-51,56-67H,12-15H2,(H2-,52,53,55)/p+1/b6-3+/t26-,27-,28-,29-,32-,33-,34-,35-,36+,37+,38+,39+,40-,41-,42-,43-,45-,46-,47-,48-/m1/s1. The summed E-state index contributed by atoms with van der Waals surface area (Å²) in [7, 11) is 0. The van der Waals surface area contributed by atoms with E-state index in [1.54, 1.807) is 0 Å². The highest BCUT2D eigenvalue weighted by molar-refractivity contribution is 5.89. The maximum atomic E-state index is 12.9. The number of hydrogen-bond donors (Lipinski definition) is 18. The van der Waals surface area contributed by atoms with Crippen molar-refractivity contribution in [3.63, 3.8) is 0 Å². The van der Waals surface area contributed by atoms with Gasteiger partial charge in [0.2, 0.25) is 36.7 Å². The number of phenolic OH excluding ortho intramolecular Hbond substituents is 3. The van der Waals surface area contributed by atoms with Crippen LogP contribution in [0.5, 0.6) is 40.2 Å². The second-order valence-corrected chi connectivity index (χ2v) is 18.2. The lowest BCUT2D eigenvalue weighted by molar-refractivity contribution is -0.279. The van der Waals surface area contributed by atoms with Crippen LogP contribution in [0, 0.1) is 0 Å². The van der Waals surface area contributed by atoms with E-state index in [1.165, 1.54) is 30.3 Å². The Kier molecular flexibility index (Phi) is 17.9. The predicted octanol–water partition coefficient (Wildman–Crippen LogP) is -5.52. The van der Waals surface area contributed by atoms with Gasteiger partial charge in [-0.2, -0.15) is 0 Å². The first-order valence-corrected chi connectivity index (χ1v) is 23.6. The predicted molar refractivity (Wildman–Crippen MR) is 248 cm³/mol. The number of carbonyl (C=O) groups excluding carboxylic acids is 1. The minimum atomic E-state index is -2.15. The molecule has 4 aromatic rings. The van der Waals surface area contributed by atoms with E-state index in [9.17, 15) is 96.7 Å². The first kappa shape index (κ1) is 57.3. The average molecular weight is 1100 g/mol. The third-order valence-electron chi connectivity index (χ3n) is 13.0. The number of fused-ring (bicyclic) bond motifs is 1. The second-order valence-electron chi connectivity index (χ2n) is 18.2. The van der Waals surface area contributed by atoms with Crippen molar-refractivity contribution < 1.29 is 144 Å². The molecular formula is C48H57O29+. The van der Waals surface area contributed by atoms with Crippen molar-refractivity contribution in [1.82, 2.24) is 0 Å². The largest absolute Gasteiger partial charge is 0.507 e. The average Bonchev–Trinajstić information content (AvgIpc) is 3.42. The zero-order valence-corrected chi connectivity index (χ0v) is 39.8. The van der Waals surface area contributed by atoms with Crippen molar-refractivity contribution in [2.24, 2.45) is 0 Å². The van der Waals surface area contributed by atoms with Crippen LogP contribution in [-0.4, -0.2) is 247 Å².